The first-order valence-electron chi connectivity index (χ1n) is 9.87. The quantitative estimate of drug-likeness (QED) is 0.648. The van der Waals surface area contributed by atoms with Crippen LogP contribution in [0.3, 0.4) is 0 Å². The maximum atomic E-state index is 12.1. The Hall–Kier alpha value is -3.25. The Kier molecular flexibility index (Phi) is 6.35. The second-order valence-corrected chi connectivity index (χ2v) is 7.39. The van der Waals surface area contributed by atoms with E-state index in [1.54, 1.807) is 24.4 Å². The molecule has 0 unspecified atom stereocenters. The van der Waals surface area contributed by atoms with E-state index < -0.39 is 0 Å². The summed E-state index contributed by atoms with van der Waals surface area (Å²) in [5.41, 5.74) is 1.89. The molecule has 1 amide bonds. The van der Waals surface area contributed by atoms with Crippen LogP contribution < -0.4 is 19.9 Å². The molecule has 2 heterocycles. The van der Waals surface area contributed by atoms with Gasteiger partial charge < -0.3 is 19.9 Å². The summed E-state index contributed by atoms with van der Waals surface area (Å²) >= 11 is 6.03. The number of anilines is 3. The molecule has 1 aliphatic heterocycles. The molecule has 0 spiro atoms. The summed E-state index contributed by atoms with van der Waals surface area (Å²) in [6.07, 6.45) is 1.67. The van der Waals surface area contributed by atoms with Crippen LogP contribution >= 0.6 is 11.6 Å². The highest BCUT2D eigenvalue weighted by molar-refractivity contribution is 6.32. The van der Waals surface area contributed by atoms with Crippen molar-refractivity contribution in [1.82, 2.24) is 4.98 Å². The van der Waals surface area contributed by atoms with E-state index in [0.29, 0.717) is 16.5 Å². The standard InChI is InChI=1S/C23H23ClN4O2/c24-20-8-4-5-9-21(20)30-17-23(29)26-18-10-11-22(25-16-18)28-14-12-27(13-15-28)19-6-2-1-3-7-19/h1-11,16H,12-15,17H2,(H,26,29). The molecule has 2 aromatic carbocycles. The van der Waals surface area contributed by atoms with Crippen molar-refractivity contribution in [2.75, 3.05) is 47.9 Å². The van der Waals surface area contributed by atoms with Crippen molar-refractivity contribution in [3.8, 4) is 5.75 Å². The summed E-state index contributed by atoms with van der Waals surface area (Å²) in [7, 11) is 0. The van der Waals surface area contributed by atoms with Crippen molar-refractivity contribution in [1.29, 1.82) is 0 Å². The Balaban J connectivity index is 1.27. The number of benzene rings is 2. The normalized spacial score (nSPS) is 13.8. The van der Waals surface area contributed by atoms with Crippen LogP contribution in [0, 0.1) is 0 Å². The molecule has 0 bridgehead atoms. The number of amides is 1. The maximum absolute atomic E-state index is 12.1. The van der Waals surface area contributed by atoms with Crippen molar-refractivity contribution >= 4 is 34.7 Å². The lowest BCUT2D eigenvalue weighted by atomic mass is 10.2. The predicted octanol–water partition coefficient (Wildman–Crippen LogP) is 4.08. The molecule has 30 heavy (non-hydrogen) atoms. The average molecular weight is 423 g/mol. The molecule has 1 saturated heterocycles. The van der Waals surface area contributed by atoms with Crippen LogP contribution in [0.15, 0.2) is 72.9 Å². The van der Waals surface area contributed by atoms with Gasteiger partial charge in [-0.05, 0) is 36.4 Å². The maximum Gasteiger partial charge on any atom is 0.262 e. The minimum Gasteiger partial charge on any atom is -0.482 e. The number of nitrogens with one attached hydrogen (secondary N) is 1. The van der Waals surface area contributed by atoms with Gasteiger partial charge in [-0.3, -0.25) is 4.79 Å². The number of piperazine rings is 1. The molecular formula is C23H23ClN4O2. The summed E-state index contributed by atoms with van der Waals surface area (Å²) in [6, 6.07) is 21.3. The van der Waals surface area contributed by atoms with Crippen molar-refractivity contribution in [3.63, 3.8) is 0 Å². The van der Waals surface area contributed by atoms with E-state index in [0.717, 1.165) is 32.0 Å². The first-order chi connectivity index (χ1) is 14.7. The highest BCUT2D eigenvalue weighted by Gasteiger charge is 2.18. The molecule has 3 aromatic rings. The highest BCUT2D eigenvalue weighted by Crippen LogP contribution is 2.23. The summed E-state index contributed by atoms with van der Waals surface area (Å²) in [5, 5.41) is 3.27. The van der Waals surface area contributed by atoms with Crippen LogP contribution in [0.4, 0.5) is 17.2 Å². The molecule has 1 aromatic heterocycles. The number of pyridine rings is 1. The van der Waals surface area contributed by atoms with E-state index in [9.17, 15) is 4.79 Å². The third kappa shape index (κ3) is 5.02. The lowest BCUT2D eigenvalue weighted by Crippen LogP contribution is -2.46. The van der Waals surface area contributed by atoms with E-state index in [1.807, 2.05) is 24.3 Å². The second kappa shape index (κ2) is 9.50. The summed E-state index contributed by atoms with van der Waals surface area (Å²) in [6.45, 7) is 3.58. The third-order valence-corrected chi connectivity index (χ3v) is 5.26. The fourth-order valence-corrected chi connectivity index (χ4v) is 3.57. The first kappa shape index (κ1) is 20.0. The van der Waals surface area contributed by atoms with Crippen LogP contribution in [-0.2, 0) is 4.79 Å². The smallest absolute Gasteiger partial charge is 0.262 e. The minimum absolute atomic E-state index is 0.118. The van der Waals surface area contributed by atoms with Gasteiger partial charge in [-0.1, -0.05) is 41.9 Å². The van der Waals surface area contributed by atoms with Crippen molar-refractivity contribution in [2.45, 2.75) is 0 Å². The van der Waals surface area contributed by atoms with Gasteiger partial charge in [0.15, 0.2) is 6.61 Å². The number of hydrogen-bond donors (Lipinski definition) is 1. The largest absolute Gasteiger partial charge is 0.482 e. The number of para-hydroxylation sites is 2. The van der Waals surface area contributed by atoms with Gasteiger partial charge >= 0.3 is 0 Å². The number of hydrogen-bond acceptors (Lipinski definition) is 5. The molecule has 0 radical (unpaired) electrons. The van der Waals surface area contributed by atoms with Crippen molar-refractivity contribution in [2.24, 2.45) is 0 Å². The molecule has 0 atom stereocenters. The van der Waals surface area contributed by atoms with Crippen molar-refractivity contribution < 1.29 is 9.53 Å². The van der Waals surface area contributed by atoms with Gasteiger partial charge in [0.1, 0.15) is 11.6 Å². The highest BCUT2D eigenvalue weighted by atomic mass is 35.5. The van der Waals surface area contributed by atoms with Gasteiger partial charge in [0.2, 0.25) is 0 Å². The van der Waals surface area contributed by atoms with Crippen LogP contribution in [0.2, 0.25) is 5.02 Å². The lowest BCUT2D eigenvalue weighted by Gasteiger charge is -2.36. The zero-order valence-electron chi connectivity index (χ0n) is 16.5. The average Bonchev–Trinajstić information content (AvgIpc) is 2.80. The van der Waals surface area contributed by atoms with Crippen LogP contribution in [-0.4, -0.2) is 43.7 Å². The van der Waals surface area contributed by atoms with E-state index in [-0.39, 0.29) is 12.5 Å². The first-order valence-corrected chi connectivity index (χ1v) is 10.2. The number of carbonyl (C=O) groups excluding carboxylic acids is 1. The van der Waals surface area contributed by atoms with Crippen LogP contribution in [0.25, 0.3) is 0 Å². The molecule has 1 fully saturated rings. The minimum atomic E-state index is -0.263. The third-order valence-electron chi connectivity index (χ3n) is 4.95. The molecular weight excluding hydrogens is 400 g/mol. The van der Waals surface area contributed by atoms with Gasteiger partial charge in [0.05, 0.1) is 16.9 Å². The van der Waals surface area contributed by atoms with Gasteiger partial charge in [-0.2, -0.15) is 0 Å². The lowest BCUT2D eigenvalue weighted by molar-refractivity contribution is -0.118. The molecule has 0 aliphatic carbocycles. The Morgan fingerprint density at radius 3 is 2.33 bits per heavy atom. The molecule has 4 rings (SSSR count). The summed E-state index contributed by atoms with van der Waals surface area (Å²) < 4.78 is 5.46. The topological polar surface area (TPSA) is 57.7 Å². The van der Waals surface area contributed by atoms with Crippen LogP contribution in [0.5, 0.6) is 5.75 Å². The van der Waals surface area contributed by atoms with Gasteiger partial charge in [0.25, 0.3) is 5.91 Å². The number of halogens is 1. The fraction of sp³-hybridized carbons (Fsp3) is 0.217. The van der Waals surface area contributed by atoms with Gasteiger partial charge in [-0.15, -0.1) is 0 Å². The molecule has 6 nitrogen and oxygen atoms in total. The SMILES string of the molecule is O=C(COc1ccccc1Cl)Nc1ccc(N2CCN(c3ccccc3)CC2)nc1. The second-order valence-electron chi connectivity index (χ2n) is 6.98. The Bertz CT molecular complexity index is 974. The Morgan fingerprint density at radius 2 is 1.63 bits per heavy atom. The zero-order valence-corrected chi connectivity index (χ0v) is 17.3. The van der Waals surface area contributed by atoms with E-state index >= 15 is 0 Å². The van der Waals surface area contributed by atoms with E-state index in [2.05, 4.69) is 44.4 Å². The monoisotopic (exact) mass is 422 g/mol. The molecule has 1 N–H and O–H groups in total. The summed E-state index contributed by atoms with van der Waals surface area (Å²) in [4.78, 5) is 21.3. The molecule has 1 aliphatic rings. The van der Waals surface area contributed by atoms with Crippen molar-refractivity contribution in [3.05, 3.63) is 77.9 Å². The van der Waals surface area contributed by atoms with Gasteiger partial charge in [-0.25, -0.2) is 4.98 Å². The van der Waals surface area contributed by atoms with Gasteiger partial charge in [0, 0.05) is 31.9 Å². The Morgan fingerprint density at radius 1 is 0.933 bits per heavy atom. The number of ether oxygens (including phenoxy) is 1. The number of nitrogens with zero attached hydrogens (tertiary/aromatic N) is 3. The summed E-state index contributed by atoms with van der Waals surface area (Å²) in [5.74, 6) is 1.13. The van der Waals surface area contributed by atoms with E-state index in [1.165, 1.54) is 5.69 Å². The fourth-order valence-electron chi connectivity index (χ4n) is 3.38. The zero-order chi connectivity index (χ0) is 20.8. The number of aromatic nitrogens is 1. The molecule has 0 saturated carbocycles. The predicted molar refractivity (Wildman–Crippen MR) is 121 cm³/mol. The van der Waals surface area contributed by atoms with E-state index in [4.69, 9.17) is 16.3 Å². The molecule has 154 valence electrons. The number of carbonyl (C=O) groups is 1. The molecule has 7 heteroatoms. The number of rotatable bonds is 6. The van der Waals surface area contributed by atoms with Crippen LogP contribution in [0.1, 0.15) is 0 Å². The Labute approximate surface area is 181 Å².